The van der Waals surface area contributed by atoms with Crippen LogP contribution in [0.4, 0.5) is 4.39 Å². The van der Waals surface area contributed by atoms with E-state index in [1.54, 1.807) is 18.2 Å². The van der Waals surface area contributed by atoms with Crippen molar-refractivity contribution in [3.05, 3.63) is 71.5 Å². The van der Waals surface area contributed by atoms with E-state index in [9.17, 15) is 9.18 Å². The second-order valence-electron chi connectivity index (χ2n) is 7.20. The van der Waals surface area contributed by atoms with Gasteiger partial charge in [-0.25, -0.2) is 4.39 Å². The molecule has 0 radical (unpaired) electrons. The molecule has 0 bridgehead atoms. The van der Waals surface area contributed by atoms with Crippen LogP contribution in [-0.2, 0) is 11.3 Å². The summed E-state index contributed by atoms with van der Waals surface area (Å²) in [5, 5.41) is 2.82. The van der Waals surface area contributed by atoms with Crippen molar-refractivity contribution in [2.75, 3.05) is 13.6 Å². The van der Waals surface area contributed by atoms with Crippen molar-refractivity contribution in [1.82, 2.24) is 10.2 Å². The summed E-state index contributed by atoms with van der Waals surface area (Å²) in [5.41, 5.74) is 1.95. The molecule has 4 heteroatoms. The molecule has 0 atom stereocenters. The Labute approximate surface area is 155 Å². The van der Waals surface area contributed by atoms with Crippen LogP contribution in [0.25, 0.3) is 0 Å². The molecule has 0 spiro atoms. The number of likely N-dealkylation sites (N-methyl/N-ethyl adjacent to an activating group) is 1. The van der Waals surface area contributed by atoms with Crippen LogP contribution in [0, 0.1) is 5.82 Å². The average Bonchev–Trinajstić information content (AvgIpc) is 2.68. The zero-order chi connectivity index (χ0) is 18.4. The van der Waals surface area contributed by atoms with Crippen LogP contribution in [0.15, 0.2) is 54.6 Å². The number of carbonyl (C=O) groups excluding carboxylic acids is 1. The van der Waals surface area contributed by atoms with Crippen LogP contribution in [0.2, 0.25) is 0 Å². The smallest absolute Gasteiger partial charge is 0.234 e. The summed E-state index contributed by atoms with van der Waals surface area (Å²) in [7, 11) is 2.01. The maximum atomic E-state index is 13.6. The van der Waals surface area contributed by atoms with Crippen LogP contribution in [0.3, 0.4) is 0 Å². The Bertz CT molecular complexity index is 711. The summed E-state index contributed by atoms with van der Waals surface area (Å²) in [6.07, 6.45) is 4.54. The number of hydrogen-bond donors (Lipinski definition) is 1. The first-order valence-corrected chi connectivity index (χ1v) is 9.39. The number of hydrogen-bond acceptors (Lipinski definition) is 2. The predicted octanol–water partition coefficient (Wildman–Crippen LogP) is 4.10. The fourth-order valence-electron chi connectivity index (χ4n) is 3.82. The highest BCUT2D eigenvalue weighted by molar-refractivity contribution is 5.78. The number of nitrogens with zero attached hydrogens (tertiary/aromatic N) is 1. The second-order valence-corrected chi connectivity index (χ2v) is 7.20. The van der Waals surface area contributed by atoms with Crippen molar-refractivity contribution in [1.29, 1.82) is 0 Å². The van der Waals surface area contributed by atoms with Gasteiger partial charge in [-0.2, -0.15) is 0 Å². The second kappa shape index (κ2) is 8.95. The van der Waals surface area contributed by atoms with Gasteiger partial charge in [0.05, 0.1) is 6.54 Å². The van der Waals surface area contributed by atoms with Gasteiger partial charge < -0.3 is 5.32 Å². The molecule has 0 aliphatic heterocycles. The van der Waals surface area contributed by atoms with E-state index in [2.05, 4.69) is 40.5 Å². The third kappa shape index (κ3) is 4.92. The number of benzene rings is 2. The highest BCUT2D eigenvalue weighted by Gasteiger charge is 2.25. The van der Waals surface area contributed by atoms with Gasteiger partial charge in [-0.15, -0.1) is 0 Å². The van der Waals surface area contributed by atoms with Gasteiger partial charge in [0.25, 0.3) is 0 Å². The molecule has 2 aromatic carbocycles. The number of carbonyl (C=O) groups is 1. The van der Waals surface area contributed by atoms with Crippen molar-refractivity contribution < 1.29 is 9.18 Å². The Morgan fingerprint density at radius 3 is 2.38 bits per heavy atom. The SMILES string of the molecule is CN(CC(=O)NCc1ccccc1F)C1CCC(c2ccccc2)CC1. The van der Waals surface area contributed by atoms with Crippen LogP contribution in [0.5, 0.6) is 0 Å². The highest BCUT2D eigenvalue weighted by atomic mass is 19.1. The quantitative estimate of drug-likeness (QED) is 0.847. The van der Waals surface area contributed by atoms with Gasteiger partial charge in [0, 0.05) is 18.2 Å². The number of amides is 1. The summed E-state index contributed by atoms with van der Waals surface area (Å²) < 4.78 is 13.6. The monoisotopic (exact) mass is 354 g/mol. The lowest BCUT2D eigenvalue weighted by Crippen LogP contribution is -2.41. The number of nitrogens with one attached hydrogen (secondary N) is 1. The molecular weight excluding hydrogens is 327 g/mol. The molecule has 0 aromatic heterocycles. The first kappa shape index (κ1) is 18.6. The minimum absolute atomic E-state index is 0.0547. The van der Waals surface area contributed by atoms with Crippen LogP contribution < -0.4 is 5.32 Å². The Morgan fingerprint density at radius 1 is 1.04 bits per heavy atom. The van der Waals surface area contributed by atoms with E-state index >= 15 is 0 Å². The molecule has 3 nitrogen and oxygen atoms in total. The van der Waals surface area contributed by atoms with Gasteiger partial charge in [-0.1, -0.05) is 48.5 Å². The molecule has 2 aromatic rings. The van der Waals surface area contributed by atoms with E-state index in [0.717, 1.165) is 25.7 Å². The van der Waals surface area contributed by atoms with Crippen molar-refractivity contribution in [2.45, 2.75) is 44.2 Å². The van der Waals surface area contributed by atoms with E-state index in [-0.39, 0.29) is 18.3 Å². The summed E-state index contributed by atoms with van der Waals surface area (Å²) in [4.78, 5) is 14.3. The van der Waals surface area contributed by atoms with E-state index in [1.165, 1.54) is 11.6 Å². The highest BCUT2D eigenvalue weighted by Crippen LogP contribution is 2.34. The fourth-order valence-corrected chi connectivity index (χ4v) is 3.82. The third-order valence-electron chi connectivity index (χ3n) is 5.42. The van der Waals surface area contributed by atoms with Crippen LogP contribution in [0.1, 0.15) is 42.7 Å². The lowest BCUT2D eigenvalue weighted by molar-refractivity contribution is -0.122. The minimum Gasteiger partial charge on any atom is -0.351 e. The molecular formula is C22H27FN2O. The van der Waals surface area contributed by atoms with Gasteiger partial charge in [0.15, 0.2) is 0 Å². The lowest BCUT2D eigenvalue weighted by atomic mass is 9.81. The fraction of sp³-hybridized carbons (Fsp3) is 0.409. The Hall–Kier alpha value is -2.20. The first-order valence-electron chi connectivity index (χ1n) is 9.39. The molecule has 1 saturated carbocycles. The Balaban J connectivity index is 1.43. The molecule has 1 fully saturated rings. The summed E-state index contributed by atoms with van der Waals surface area (Å²) in [6, 6.07) is 17.7. The maximum Gasteiger partial charge on any atom is 0.234 e. The molecule has 0 saturated heterocycles. The standard InChI is InChI=1S/C22H27FN2O/c1-25(16-22(26)24-15-19-9-5-6-10-21(19)23)20-13-11-18(12-14-20)17-7-3-2-4-8-17/h2-10,18,20H,11-16H2,1H3,(H,24,26). The van der Waals surface area contributed by atoms with Gasteiger partial charge in [0.2, 0.25) is 5.91 Å². The van der Waals surface area contributed by atoms with Crippen molar-refractivity contribution >= 4 is 5.91 Å². The molecule has 1 aliphatic carbocycles. The Kier molecular flexibility index (Phi) is 6.40. The minimum atomic E-state index is -0.277. The van der Waals surface area contributed by atoms with E-state index in [4.69, 9.17) is 0 Å². The maximum absolute atomic E-state index is 13.6. The topological polar surface area (TPSA) is 32.3 Å². The third-order valence-corrected chi connectivity index (χ3v) is 5.42. The zero-order valence-electron chi connectivity index (χ0n) is 15.3. The van der Waals surface area contributed by atoms with Crippen molar-refractivity contribution in [2.24, 2.45) is 0 Å². The van der Waals surface area contributed by atoms with Gasteiger partial charge in [-0.05, 0) is 50.3 Å². The van der Waals surface area contributed by atoms with Crippen molar-refractivity contribution in [3.63, 3.8) is 0 Å². The Morgan fingerprint density at radius 2 is 1.69 bits per heavy atom. The van der Waals surface area contributed by atoms with Gasteiger partial charge >= 0.3 is 0 Å². The van der Waals surface area contributed by atoms with Crippen LogP contribution in [-0.4, -0.2) is 30.4 Å². The summed E-state index contributed by atoms with van der Waals surface area (Å²) in [6.45, 7) is 0.592. The molecule has 3 rings (SSSR count). The molecule has 0 heterocycles. The van der Waals surface area contributed by atoms with E-state index < -0.39 is 0 Å². The first-order chi connectivity index (χ1) is 12.6. The molecule has 26 heavy (non-hydrogen) atoms. The summed E-state index contributed by atoms with van der Waals surface area (Å²) >= 11 is 0. The summed E-state index contributed by atoms with van der Waals surface area (Å²) in [5.74, 6) is 0.303. The molecule has 1 amide bonds. The normalized spacial score (nSPS) is 20.1. The van der Waals surface area contributed by atoms with Gasteiger partial charge in [0.1, 0.15) is 5.82 Å². The number of halogens is 1. The van der Waals surface area contributed by atoms with E-state index in [1.807, 2.05) is 7.05 Å². The van der Waals surface area contributed by atoms with Gasteiger partial charge in [-0.3, -0.25) is 9.69 Å². The average molecular weight is 354 g/mol. The predicted molar refractivity (Wildman–Crippen MR) is 102 cm³/mol. The molecule has 0 unspecified atom stereocenters. The molecule has 1 N–H and O–H groups in total. The lowest BCUT2D eigenvalue weighted by Gasteiger charge is -2.34. The zero-order valence-corrected chi connectivity index (χ0v) is 15.3. The molecule has 138 valence electrons. The van der Waals surface area contributed by atoms with Crippen LogP contribution >= 0.6 is 0 Å². The molecule has 1 aliphatic rings. The largest absolute Gasteiger partial charge is 0.351 e. The number of rotatable bonds is 6. The van der Waals surface area contributed by atoms with Crippen molar-refractivity contribution in [3.8, 4) is 0 Å². The van der Waals surface area contributed by atoms with E-state index in [0.29, 0.717) is 24.1 Å².